The van der Waals surface area contributed by atoms with Crippen LogP contribution in [0, 0.1) is 0 Å². The Balaban J connectivity index is 2.14. The molecule has 5 nitrogen and oxygen atoms in total. The van der Waals surface area contributed by atoms with Gasteiger partial charge in [0.15, 0.2) is 11.1 Å². The Bertz CT molecular complexity index is 891. The van der Waals surface area contributed by atoms with Gasteiger partial charge in [-0.15, -0.1) is 0 Å². The molecule has 0 aliphatic carbocycles. The third-order valence-corrected chi connectivity index (χ3v) is 3.85. The Labute approximate surface area is 140 Å². The molecular weight excluding hydrogens is 310 g/mol. The number of benzene rings is 1. The summed E-state index contributed by atoms with van der Waals surface area (Å²) in [5, 5.41) is 0.731. The van der Waals surface area contributed by atoms with E-state index < -0.39 is 0 Å². The molecule has 0 unspecified atom stereocenters. The molecule has 1 N–H and O–H groups in total. The molecule has 6 heteroatoms. The number of hydrogen-bond donors (Lipinski definition) is 1. The van der Waals surface area contributed by atoms with E-state index >= 15 is 0 Å². The van der Waals surface area contributed by atoms with Crippen molar-refractivity contribution >= 4 is 22.8 Å². The predicted molar refractivity (Wildman–Crippen MR) is 92.6 cm³/mol. The number of imidazole rings is 1. The van der Waals surface area contributed by atoms with Crippen LogP contribution in [-0.2, 0) is 6.54 Å². The molecule has 1 aromatic carbocycles. The summed E-state index contributed by atoms with van der Waals surface area (Å²) in [5.41, 5.74) is 3.58. The first-order valence-electron chi connectivity index (χ1n) is 7.78. The van der Waals surface area contributed by atoms with Crippen LogP contribution in [-0.4, -0.2) is 26.1 Å². The van der Waals surface area contributed by atoms with Crippen LogP contribution in [0.25, 0.3) is 11.2 Å². The van der Waals surface area contributed by atoms with Crippen molar-refractivity contribution in [1.29, 1.82) is 0 Å². The Morgan fingerprint density at radius 1 is 1.35 bits per heavy atom. The summed E-state index contributed by atoms with van der Waals surface area (Å²) in [6, 6.07) is 7.83. The summed E-state index contributed by atoms with van der Waals surface area (Å²) in [4.78, 5) is 17.1. The molecule has 0 aliphatic heterocycles. The lowest BCUT2D eigenvalue weighted by molar-refractivity contribution is 0.771. The van der Waals surface area contributed by atoms with Crippen molar-refractivity contribution in [3.63, 3.8) is 0 Å². The molecule has 0 fully saturated rings. The molecule has 0 saturated carbocycles. The van der Waals surface area contributed by atoms with Gasteiger partial charge in [-0.1, -0.05) is 37.6 Å². The standard InChI is InChI=1S/C17H20ClN5/c1-4-19-16-14-17(22-15(21-14)11(2)3)23(10-20-16)9-12-6-5-7-13(18)8-12/h5-8,10-11H,4,9H2,1-3H3,(H,21,22). The van der Waals surface area contributed by atoms with E-state index in [1.54, 1.807) is 6.33 Å². The third kappa shape index (κ3) is 3.29. The van der Waals surface area contributed by atoms with E-state index in [9.17, 15) is 0 Å². The lowest BCUT2D eigenvalue weighted by atomic mass is 10.2. The smallest absolute Gasteiger partial charge is 0.176 e. The molecule has 3 rings (SSSR count). The average Bonchev–Trinajstić information content (AvgIpc) is 2.96. The minimum absolute atomic E-state index is 0.316. The number of fused-ring (bicyclic) bond motifs is 1. The molecule has 0 aliphatic rings. The van der Waals surface area contributed by atoms with Gasteiger partial charge in [-0.25, -0.2) is 9.97 Å². The van der Waals surface area contributed by atoms with E-state index in [0.29, 0.717) is 24.5 Å². The number of nitrogens with one attached hydrogen (secondary N) is 1. The minimum atomic E-state index is 0.316. The van der Waals surface area contributed by atoms with Crippen molar-refractivity contribution in [2.75, 3.05) is 6.54 Å². The number of nitrogens with zero attached hydrogens (tertiary/aromatic N) is 4. The van der Waals surface area contributed by atoms with Gasteiger partial charge in [0.1, 0.15) is 11.3 Å². The zero-order chi connectivity index (χ0) is 16.4. The molecule has 3 aromatic rings. The molecule has 0 atom stereocenters. The van der Waals surface area contributed by atoms with Gasteiger partial charge in [-0.2, -0.15) is 0 Å². The Morgan fingerprint density at radius 3 is 2.87 bits per heavy atom. The van der Waals surface area contributed by atoms with E-state index in [2.05, 4.69) is 28.8 Å². The van der Waals surface area contributed by atoms with Gasteiger partial charge >= 0.3 is 0 Å². The second-order valence-electron chi connectivity index (χ2n) is 5.78. The first kappa shape index (κ1) is 15.7. The van der Waals surface area contributed by atoms with Gasteiger partial charge in [0, 0.05) is 17.5 Å². The third-order valence-electron chi connectivity index (χ3n) is 3.61. The summed E-state index contributed by atoms with van der Waals surface area (Å²) in [7, 11) is 0. The summed E-state index contributed by atoms with van der Waals surface area (Å²) in [6.07, 6.45) is 1.79. The number of aromatic nitrogens is 4. The van der Waals surface area contributed by atoms with Gasteiger partial charge in [-0.3, -0.25) is 4.99 Å². The van der Waals surface area contributed by atoms with Crippen molar-refractivity contribution in [1.82, 2.24) is 19.5 Å². The van der Waals surface area contributed by atoms with Gasteiger partial charge in [0.25, 0.3) is 0 Å². The summed E-state index contributed by atoms with van der Waals surface area (Å²) >= 11 is 6.08. The predicted octanol–water partition coefficient (Wildman–Crippen LogP) is 3.51. The summed E-state index contributed by atoms with van der Waals surface area (Å²) < 4.78 is 2.03. The van der Waals surface area contributed by atoms with Crippen molar-refractivity contribution in [3.8, 4) is 0 Å². The van der Waals surface area contributed by atoms with Crippen LogP contribution in [0.4, 0.5) is 0 Å². The van der Waals surface area contributed by atoms with Crippen LogP contribution in [0.3, 0.4) is 0 Å². The maximum Gasteiger partial charge on any atom is 0.176 e. The Kier molecular flexibility index (Phi) is 4.48. The number of H-pyrrole nitrogens is 1. The van der Waals surface area contributed by atoms with Crippen LogP contribution in [0.1, 0.15) is 38.1 Å². The van der Waals surface area contributed by atoms with Crippen LogP contribution in [0.15, 0.2) is 35.6 Å². The molecule has 2 heterocycles. The molecule has 0 saturated heterocycles. The first-order chi connectivity index (χ1) is 11.1. The Morgan fingerprint density at radius 2 is 2.17 bits per heavy atom. The molecule has 2 aromatic heterocycles. The zero-order valence-electron chi connectivity index (χ0n) is 13.5. The maximum atomic E-state index is 6.08. The molecule has 0 amide bonds. The van der Waals surface area contributed by atoms with Crippen LogP contribution in [0.2, 0.25) is 5.02 Å². The van der Waals surface area contributed by atoms with Crippen LogP contribution < -0.4 is 5.49 Å². The van der Waals surface area contributed by atoms with E-state index in [4.69, 9.17) is 16.6 Å². The van der Waals surface area contributed by atoms with E-state index in [1.807, 2.05) is 35.8 Å². The molecule has 120 valence electrons. The largest absolute Gasteiger partial charge is 0.337 e. The van der Waals surface area contributed by atoms with Crippen LogP contribution >= 0.6 is 11.6 Å². The molecule has 0 spiro atoms. The molecule has 23 heavy (non-hydrogen) atoms. The van der Waals surface area contributed by atoms with Crippen molar-refractivity contribution in [2.45, 2.75) is 33.2 Å². The highest BCUT2D eigenvalue weighted by atomic mass is 35.5. The maximum absolute atomic E-state index is 6.08. The second kappa shape index (κ2) is 6.54. The normalized spacial score (nSPS) is 12.5. The Hall–Kier alpha value is -2.14. The SMILES string of the molecule is CCN=c1ncn(Cc2cccc(Cl)c2)c2nc(C(C)C)[nH]c12. The number of aromatic amines is 1. The fraction of sp³-hybridized carbons (Fsp3) is 0.353. The molecule has 0 bridgehead atoms. The van der Waals surface area contributed by atoms with Crippen molar-refractivity contribution < 1.29 is 0 Å². The fourth-order valence-corrected chi connectivity index (χ4v) is 2.69. The number of hydrogen-bond acceptors (Lipinski definition) is 3. The fourth-order valence-electron chi connectivity index (χ4n) is 2.48. The van der Waals surface area contributed by atoms with E-state index in [-0.39, 0.29) is 0 Å². The highest BCUT2D eigenvalue weighted by molar-refractivity contribution is 6.30. The average molecular weight is 330 g/mol. The van der Waals surface area contributed by atoms with Crippen molar-refractivity contribution in [2.24, 2.45) is 4.99 Å². The lowest BCUT2D eigenvalue weighted by Crippen LogP contribution is -2.15. The van der Waals surface area contributed by atoms with Gasteiger partial charge in [0.05, 0.1) is 12.9 Å². The van der Waals surface area contributed by atoms with Crippen molar-refractivity contribution in [3.05, 3.63) is 52.5 Å². The van der Waals surface area contributed by atoms with Crippen LogP contribution in [0.5, 0.6) is 0 Å². The first-order valence-corrected chi connectivity index (χ1v) is 8.16. The van der Waals surface area contributed by atoms with E-state index in [1.165, 1.54) is 0 Å². The monoisotopic (exact) mass is 329 g/mol. The number of rotatable bonds is 4. The summed E-state index contributed by atoms with van der Waals surface area (Å²) in [5.74, 6) is 1.26. The topological polar surface area (TPSA) is 58.9 Å². The number of halogens is 1. The quantitative estimate of drug-likeness (QED) is 0.796. The molecular formula is C17H20ClN5. The molecule has 0 radical (unpaired) electrons. The minimum Gasteiger partial charge on any atom is -0.337 e. The van der Waals surface area contributed by atoms with Gasteiger partial charge < -0.3 is 9.55 Å². The van der Waals surface area contributed by atoms with Gasteiger partial charge in [0.2, 0.25) is 0 Å². The second-order valence-corrected chi connectivity index (χ2v) is 6.21. The lowest BCUT2D eigenvalue weighted by Gasteiger charge is -2.07. The highest BCUT2D eigenvalue weighted by Gasteiger charge is 2.12. The van der Waals surface area contributed by atoms with Gasteiger partial charge in [-0.05, 0) is 24.6 Å². The highest BCUT2D eigenvalue weighted by Crippen LogP contribution is 2.16. The van der Waals surface area contributed by atoms with E-state index in [0.717, 1.165) is 27.6 Å². The summed E-state index contributed by atoms with van der Waals surface area (Å²) in [6.45, 7) is 7.59. The zero-order valence-corrected chi connectivity index (χ0v) is 14.3.